The molecule has 2 rings (SSSR count). The van der Waals surface area contributed by atoms with Gasteiger partial charge in [0.25, 0.3) is 5.91 Å². The van der Waals surface area contributed by atoms with Crippen LogP contribution in [0.1, 0.15) is 40.8 Å². The topological polar surface area (TPSA) is 70.1 Å². The Morgan fingerprint density at radius 1 is 1.29 bits per heavy atom. The van der Waals surface area contributed by atoms with Gasteiger partial charge in [0.2, 0.25) is 0 Å². The Labute approximate surface area is 143 Å². The number of hydrogen-bond donors (Lipinski definition) is 1. The molecule has 0 unspecified atom stereocenters. The highest BCUT2D eigenvalue weighted by Crippen LogP contribution is 2.14. The molecule has 7 heteroatoms. The van der Waals surface area contributed by atoms with E-state index in [2.05, 4.69) is 26.9 Å². The van der Waals surface area contributed by atoms with Crippen molar-refractivity contribution in [1.29, 1.82) is 0 Å². The lowest BCUT2D eigenvalue weighted by molar-refractivity contribution is 0.0729. The summed E-state index contributed by atoms with van der Waals surface area (Å²) in [5, 5.41) is 4.45. The normalized spacial score (nSPS) is 11.2. The molecule has 0 radical (unpaired) electrons. The summed E-state index contributed by atoms with van der Waals surface area (Å²) >= 11 is 0. The second-order valence-corrected chi connectivity index (χ2v) is 6.40. The number of aromatic nitrogens is 4. The standard InChI is InChI=1S/C17H28N6O/c1-6-7-23-10-15(13(2)20-23)17(24)22(9-8-21(4)5)11-16-14(3)18-12-19-16/h10,12H,6-9,11H2,1-5H3,(H,18,19). The van der Waals surface area contributed by atoms with Crippen LogP contribution in [-0.4, -0.2) is 62.6 Å². The summed E-state index contributed by atoms with van der Waals surface area (Å²) in [7, 11) is 4.01. The number of nitrogens with one attached hydrogen (secondary N) is 1. The van der Waals surface area contributed by atoms with E-state index >= 15 is 0 Å². The third kappa shape index (κ3) is 4.44. The summed E-state index contributed by atoms with van der Waals surface area (Å²) in [5.74, 6) is 0.0131. The van der Waals surface area contributed by atoms with Crippen molar-refractivity contribution < 1.29 is 4.79 Å². The van der Waals surface area contributed by atoms with Crippen LogP contribution >= 0.6 is 0 Å². The fourth-order valence-electron chi connectivity index (χ4n) is 2.54. The quantitative estimate of drug-likeness (QED) is 0.801. The zero-order valence-electron chi connectivity index (χ0n) is 15.3. The molecule has 0 aromatic carbocycles. The molecule has 0 spiro atoms. The minimum absolute atomic E-state index is 0.0131. The number of nitrogens with zero attached hydrogens (tertiary/aromatic N) is 5. The molecule has 0 bridgehead atoms. The predicted molar refractivity (Wildman–Crippen MR) is 93.9 cm³/mol. The smallest absolute Gasteiger partial charge is 0.257 e. The van der Waals surface area contributed by atoms with Crippen LogP contribution < -0.4 is 0 Å². The van der Waals surface area contributed by atoms with Crippen molar-refractivity contribution in [2.75, 3.05) is 27.2 Å². The zero-order chi connectivity index (χ0) is 17.7. The van der Waals surface area contributed by atoms with E-state index in [9.17, 15) is 4.79 Å². The van der Waals surface area contributed by atoms with Crippen molar-refractivity contribution in [3.8, 4) is 0 Å². The monoisotopic (exact) mass is 332 g/mol. The number of carbonyl (C=O) groups is 1. The third-order valence-corrected chi connectivity index (χ3v) is 4.01. The van der Waals surface area contributed by atoms with Crippen LogP contribution in [0.5, 0.6) is 0 Å². The average Bonchev–Trinajstić information content (AvgIpc) is 3.09. The molecule has 1 amide bonds. The van der Waals surface area contributed by atoms with Crippen molar-refractivity contribution in [1.82, 2.24) is 29.5 Å². The SMILES string of the molecule is CCCn1cc(C(=O)N(CCN(C)C)Cc2nc[nH]c2C)c(C)n1. The number of carbonyl (C=O) groups excluding carboxylic acids is 1. The summed E-state index contributed by atoms with van der Waals surface area (Å²) in [6.07, 6.45) is 4.52. The first-order chi connectivity index (χ1) is 11.4. The Kier molecular flexibility index (Phi) is 6.14. The lowest BCUT2D eigenvalue weighted by atomic mass is 10.2. The molecule has 2 heterocycles. The Hall–Kier alpha value is -2.15. The molecular weight excluding hydrogens is 304 g/mol. The van der Waals surface area contributed by atoms with Crippen molar-refractivity contribution in [3.63, 3.8) is 0 Å². The summed E-state index contributed by atoms with van der Waals surface area (Å²) in [4.78, 5) is 24.4. The third-order valence-electron chi connectivity index (χ3n) is 4.01. The summed E-state index contributed by atoms with van der Waals surface area (Å²) < 4.78 is 1.85. The molecular formula is C17H28N6O. The van der Waals surface area contributed by atoms with E-state index in [0.29, 0.717) is 18.7 Å². The largest absolute Gasteiger partial charge is 0.348 e. The van der Waals surface area contributed by atoms with Crippen molar-refractivity contribution in [2.24, 2.45) is 0 Å². The highest BCUT2D eigenvalue weighted by atomic mass is 16.2. The van der Waals surface area contributed by atoms with Crippen molar-refractivity contribution in [2.45, 2.75) is 40.3 Å². The van der Waals surface area contributed by atoms with Gasteiger partial charge in [0.1, 0.15) is 0 Å². The van der Waals surface area contributed by atoms with E-state index in [1.54, 1.807) is 6.33 Å². The van der Waals surface area contributed by atoms with Crippen LogP contribution in [0, 0.1) is 13.8 Å². The molecule has 0 saturated heterocycles. The van der Waals surface area contributed by atoms with Gasteiger partial charge in [0, 0.05) is 31.5 Å². The van der Waals surface area contributed by atoms with E-state index in [1.165, 1.54) is 0 Å². The van der Waals surface area contributed by atoms with Gasteiger partial charge in [-0.2, -0.15) is 5.10 Å². The molecule has 24 heavy (non-hydrogen) atoms. The van der Waals surface area contributed by atoms with Crippen LogP contribution in [0.15, 0.2) is 12.5 Å². The molecule has 0 aliphatic heterocycles. The summed E-state index contributed by atoms with van der Waals surface area (Å²) in [6, 6.07) is 0. The lowest BCUT2D eigenvalue weighted by Crippen LogP contribution is -2.36. The average molecular weight is 332 g/mol. The van der Waals surface area contributed by atoms with Gasteiger partial charge in [-0.25, -0.2) is 4.98 Å². The molecule has 1 N–H and O–H groups in total. The van der Waals surface area contributed by atoms with Gasteiger partial charge in [-0.3, -0.25) is 9.48 Å². The summed E-state index contributed by atoms with van der Waals surface area (Å²) in [5.41, 5.74) is 3.36. The van der Waals surface area contributed by atoms with Gasteiger partial charge in [-0.05, 0) is 34.4 Å². The molecule has 7 nitrogen and oxygen atoms in total. The molecule has 0 fully saturated rings. The maximum atomic E-state index is 13.0. The fourth-order valence-corrected chi connectivity index (χ4v) is 2.54. The number of rotatable bonds is 8. The van der Waals surface area contributed by atoms with Gasteiger partial charge in [-0.15, -0.1) is 0 Å². The second-order valence-electron chi connectivity index (χ2n) is 6.40. The molecule has 0 aliphatic rings. The van der Waals surface area contributed by atoms with Gasteiger partial charge in [-0.1, -0.05) is 6.92 Å². The van der Waals surface area contributed by atoms with E-state index in [4.69, 9.17) is 0 Å². The lowest BCUT2D eigenvalue weighted by Gasteiger charge is -2.24. The second kappa shape index (κ2) is 8.10. The zero-order valence-corrected chi connectivity index (χ0v) is 15.3. The maximum absolute atomic E-state index is 13.0. The van der Waals surface area contributed by atoms with Crippen LogP contribution in [0.4, 0.5) is 0 Å². The van der Waals surface area contributed by atoms with Crippen molar-refractivity contribution in [3.05, 3.63) is 35.2 Å². The number of imidazole rings is 1. The van der Waals surface area contributed by atoms with Gasteiger partial charge in [0.05, 0.1) is 29.8 Å². The number of aromatic amines is 1. The van der Waals surface area contributed by atoms with Crippen molar-refractivity contribution >= 4 is 5.91 Å². The maximum Gasteiger partial charge on any atom is 0.257 e. The molecule has 0 aliphatic carbocycles. The highest BCUT2D eigenvalue weighted by molar-refractivity contribution is 5.95. The first kappa shape index (κ1) is 18.2. The molecule has 2 aromatic heterocycles. The number of amides is 1. The van der Waals surface area contributed by atoms with Crippen LogP contribution in [-0.2, 0) is 13.1 Å². The van der Waals surface area contributed by atoms with Gasteiger partial charge >= 0.3 is 0 Å². The first-order valence-electron chi connectivity index (χ1n) is 8.39. The Bertz CT molecular complexity index is 672. The Morgan fingerprint density at radius 2 is 2.04 bits per heavy atom. The number of likely N-dealkylation sites (N-methyl/N-ethyl adjacent to an activating group) is 1. The van der Waals surface area contributed by atoms with Gasteiger partial charge < -0.3 is 14.8 Å². The molecule has 132 valence electrons. The minimum Gasteiger partial charge on any atom is -0.348 e. The molecule has 0 saturated carbocycles. The summed E-state index contributed by atoms with van der Waals surface area (Å²) in [6.45, 7) is 8.74. The van der Waals surface area contributed by atoms with Gasteiger partial charge in [0.15, 0.2) is 0 Å². The number of aryl methyl sites for hydroxylation is 3. The first-order valence-corrected chi connectivity index (χ1v) is 8.39. The van der Waals surface area contributed by atoms with Crippen LogP contribution in [0.25, 0.3) is 0 Å². The van der Waals surface area contributed by atoms with Crippen LogP contribution in [0.3, 0.4) is 0 Å². The highest BCUT2D eigenvalue weighted by Gasteiger charge is 2.22. The Morgan fingerprint density at radius 3 is 2.62 bits per heavy atom. The fraction of sp³-hybridized carbons (Fsp3) is 0.588. The predicted octanol–water partition coefficient (Wildman–Crippen LogP) is 1.84. The van der Waals surface area contributed by atoms with E-state index in [-0.39, 0.29) is 5.91 Å². The number of hydrogen-bond acceptors (Lipinski definition) is 4. The molecule has 2 aromatic rings. The van der Waals surface area contributed by atoms with E-state index in [1.807, 2.05) is 43.7 Å². The Balaban J connectivity index is 2.21. The minimum atomic E-state index is 0.0131. The molecule has 0 atom stereocenters. The van der Waals surface area contributed by atoms with E-state index in [0.717, 1.165) is 36.6 Å². The number of H-pyrrole nitrogens is 1. The van der Waals surface area contributed by atoms with Crippen LogP contribution in [0.2, 0.25) is 0 Å². The van der Waals surface area contributed by atoms with E-state index < -0.39 is 0 Å².